The maximum absolute atomic E-state index is 13.0. The molecule has 120 valence electrons. The van der Waals surface area contributed by atoms with Crippen molar-refractivity contribution in [1.29, 1.82) is 0 Å². The second kappa shape index (κ2) is 5.65. The molecule has 3 aromatic rings. The largest absolute Gasteiger partial charge is 0.316 e. The van der Waals surface area contributed by atoms with Crippen LogP contribution in [-0.4, -0.2) is 27.9 Å². The number of benzene rings is 1. The number of fused-ring (bicyclic) bond motifs is 3. The zero-order valence-corrected chi connectivity index (χ0v) is 13.8. The molecule has 4 rings (SSSR count). The Balaban J connectivity index is 1.97. The first-order chi connectivity index (χ1) is 11.1. The fourth-order valence-electron chi connectivity index (χ4n) is 3.58. The third-order valence-corrected chi connectivity index (χ3v) is 4.99. The van der Waals surface area contributed by atoms with Crippen LogP contribution in [0.1, 0.15) is 18.5 Å². The van der Waals surface area contributed by atoms with E-state index in [-0.39, 0.29) is 5.56 Å². The number of hydrogen-bond donors (Lipinski definition) is 2. The summed E-state index contributed by atoms with van der Waals surface area (Å²) in [5.74, 6) is 0.477. The van der Waals surface area contributed by atoms with Crippen molar-refractivity contribution < 1.29 is 0 Å². The van der Waals surface area contributed by atoms with Gasteiger partial charge in [-0.25, -0.2) is 0 Å². The third kappa shape index (κ3) is 2.44. The van der Waals surface area contributed by atoms with Gasteiger partial charge in [-0.05, 0) is 57.0 Å². The van der Waals surface area contributed by atoms with Crippen LogP contribution < -0.4 is 10.9 Å². The number of nitrogens with one attached hydrogen (secondary N) is 2. The zero-order valence-electron chi connectivity index (χ0n) is 13.0. The summed E-state index contributed by atoms with van der Waals surface area (Å²) in [5, 5.41) is 12.9. The minimum Gasteiger partial charge on any atom is -0.316 e. The van der Waals surface area contributed by atoms with Crippen LogP contribution >= 0.6 is 11.6 Å². The smallest absolute Gasteiger partial charge is 0.262 e. The number of pyridine rings is 1. The minimum atomic E-state index is 0.0339. The lowest BCUT2D eigenvalue weighted by Crippen LogP contribution is -2.35. The Kier molecular flexibility index (Phi) is 3.62. The third-order valence-electron chi connectivity index (χ3n) is 4.75. The van der Waals surface area contributed by atoms with Crippen LogP contribution in [0, 0.1) is 12.8 Å². The number of hydrogen-bond acceptors (Lipinski definition) is 3. The van der Waals surface area contributed by atoms with Crippen LogP contribution in [0.2, 0.25) is 5.02 Å². The molecule has 0 saturated carbocycles. The average Bonchev–Trinajstić information content (AvgIpc) is 2.95. The Morgan fingerprint density at radius 2 is 2.30 bits per heavy atom. The molecule has 1 unspecified atom stereocenters. The Bertz CT molecular complexity index is 937. The minimum absolute atomic E-state index is 0.0339. The molecule has 3 heterocycles. The van der Waals surface area contributed by atoms with Gasteiger partial charge in [0, 0.05) is 22.6 Å². The van der Waals surface area contributed by atoms with Gasteiger partial charge in [-0.1, -0.05) is 11.6 Å². The predicted molar refractivity (Wildman–Crippen MR) is 93.2 cm³/mol. The van der Waals surface area contributed by atoms with Gasteiger partial charge in [-0.3, -0.25) is 9.89 Å². The van der Waals surface area contributed by atoms with Gasteiger partial charge in [-0.15, -0.1) is 0 Å². The number of aryl methyl sites for hydroxylation is 1. The molecule has 1 aliphatic heterocycles. The molecule has 0 radical (unpaired) electrons. The van der Waals surface area contributed by atoms with Gasteiger partial charge >= 0.3 is 0 Å². The number of piperidine rings is 1. The quantitative estimate of drug-likeness (QED) is 0.759. The van der Waals surface area contributed by atoms with E-state index >= 15 is 0 Å². The molecule has 2 N–H and O–H groups in total. The summed E-state index contributed by atoms with van der Waals surface area (Å²) in [6.07, 6.45) is 2.31. The van der Waals surface area contributed by atoms with Crippen molar-refractivity contribution in [2.75, 3.05) is 13.1 Å². The van der Waals surface area contributed by atoms with Crippen molar-refractivity contribution in [3.63, 3.8) is 0 Å². The van der Waals surface area contributed by atoms with Crippen molar-refractivity contribution in [3.05, 3.63) is 39.3 Å². The van der Waals surface area contributed by atoms with Gasteiger partial charge < -0.3 is 9.88 Å². The van der Waals surface area contributed by atoms with Crippen LogP contribution in [0.4, 0.5) is 0 Å². The molecule has 1 saturated heterocycles. The highest BCUT2D eigenvalue weighted by molar-refractivity contribution is 6.31. The molecule has 5 nitrogen and oxygen atoms in total. The molecule has 0 bridgehead atoms. The van der Waals surface area contributed by atoms with E-state index in [4.69, 9.17) is 11.6 Å². The van der Waals surface area contributed by atoms with Gasteiger partial charge in [0.05, 0.1) is 10.9 Å². The second-order valence-electron chi connectivity index (χ2n) is 6.36. The molecule has 1 atom stereocenters. The fourth-order valence-corrected chi connectivity index (χ4v) is 3.75. The molecular formula is C17H19ClN4O. The van der Waals surface area contributed by atoms with Crippen molar-refractivity contribution in [2.24, 2.45) is 5.92 Å². The Morgan fingerprint density at radius 3 is 3.09 bits per heavy atom. The number of halogens is 1. The van der Waals surface area contributed by atoms with Gasteiger partial charge in [0.1, 0.15) is 5.52 Å². The van der Waals surface area contributed by atoms with Crippen molar-refractivity contribution in [1.82, 2.24) is 20.1 Å². The topological polar surface area (TPSA) is 62.7 Å². The fraction of sp³-hybridized carbons (Fsp3) is 0.412. The molecule has 1 aliphatic rings. The summed E-state index contributed by atoms with van der Waals surface area (Å²) in [6.45, 7) is 4.65. The molecule has 23 heavy (non-hydrogen) atoms. The lowest BCUT2D eigenvalue weighted by Gasteiger charge is -2.24. The van der Waals surface area contributed by atoms with E-state index in [1.165, 1.54) is 0 Å². The number of nitrogens with zero attached hydrogens (tertiary/aromatic N) is 2. The lowest BCUT2D eigenvalue weighted by atomic mass is 9.99. The predicted octanol–water partition coefficient (Wildman–Crippen LogP) is 2.84. The van der Waals surface area contributed by atoms with Crippen LogP contribution in [0.3, 0.4) is 0 Å². The highest BCUT2D eigenvalue weighted by atomic mass is 35.5. The van der Waals surface area contributed by atoms with Gasteiger partial charge in [0.25, 0.3) is 5.56 Å². The van der Waals surface area contributed by atoms with E-state index < -0.39 is 0 Å². The first-order valence-electron chi connectivity index (χ1n) is 8.02. The Hall–Kier alpha value is -1.85. The molecule has 2 aromatic heterocycles. The highest BCUT2D eigenvalue weighted by Crippen LogP contribution is 2.26. The summed E-state index contributed by atoms with van der Waals surface area (Å²) in [6, 6.07) is 5.66. The molecule has 0 aliphatic carbocycles. The normalized spacial score (nSPS) is 18.8. The standard InChI is InChI=1S/C17H19ClN4O/c1-10-15-16(21-20-10)13-7-12(18)4-5-14(13)22(17(15)23)9-11-3-2-6-19-8-11/h4-5,7,11,19H,2-3,6,8-9H2,1H3,(H,20,21). The molecule has 6 heteroatoms. The first-order valence-corrected chi connectivity index (χ1v) is 8.40. The molecule has 1 fully saturated rings. The van der Waals surface area contributed by atoms with Gasteiger partial charge in [-0.2, -0.15) is 5.10 Å². The highest BCUT2D eigenvalue weighted by Gasteiger charge is 2.19. The summed E-state index contributed by atoms with van der Waals surface area (Å²) in [4.78, 5) is 13.0. The van der Waals surface area contributed by atoms with Crippen molar-refractivity contribution >= 4 is 33.4 Å². The summed E-state index contributed by atoms with van der Waals surface area (Å²) < 4.78 is 1.90. The van der Waals surface area contributed by atoms with E-state index in [1.54, 1.807) is 0 Å². The Labute approximate surface area is 138 Å². The molecule has 0 amide bonds. The summed E-state index contributed by atoms with van der Waals surface area (Å²) in [7, 11) is 0. The number of rotatable bonds is 2. The van der Waals surface area contributed by atoms with E-state index in [2.05, 4.69) is 15.5 Å². The van der Waals surface area contributed by atoms with Gasteiger partial charge in [0.15, 0.2) is 0 Å². The van der Waals surface area contributed by atoms with Crippen molar-refractivity contribution in [2.45, 2.75) is 26.3 Å². The zero-order chi connectivity index (χ0) is 16.0. The molecular weight excluding hydrogens is 312 g/mol. The second-order valence-corrected chi connectivity index (χ2v) is 6.80. The van der Waals surface area contributed by atoms with E-state index in [1.807, 2.05) is 29.7 Å². The maximum atomic E-state index is 13.0. The monoisotopic (exact) mass is 330 g/mol. The maximum Gasteiger partial charge on any atom is 0.262 e. The van der Waals surface area contributed by atoms with E-state index in [0.717, 1.165) is 49.1 Å². The summed E-state index contributed by atoms with van der Waals surface area (Å²) >= 11 is 6.17. The van der Waals surface area contributed by atoms with E-state index in [0.29, 0.717) is 21.8 Å². The van der Waals surface area contributed by atoms with Crippen LogP contribution in [0.25, 0.3) is 21.8 Å². The first kappa shape index (κ1) is 14.7. The van der Waals surface area contributed by atoms with Crippen molar-refractivity contribution in [3.8, 4) is 0 Å². The number of aromatic nitrogens is 3. The van der Waals surface area contributed by atoms with Gasteiger partial charge in [0.2, 0.25) is 0 Å². The molecule has 0 spiro atoms. The molecule has 1 aromatic carbocycles. The van der Waals surface area contributed by atoms with Crippen LogP contribution in [-0.2, 0) is 6.54 Å². The lowest BCUT2D eigenvalue weighted by molar-refractivity contribution is 0.338. The number of H-pyrrole nitrogens is 1. The van der Waals surface area contributed by atoms with Crippen LogP contribution in [0.15, 0.2) is 23.0 Å². The summed E-state index contributed by atoms with van der Waals surface area (Å²) in [5.41, 5.74) is 2.46. The van der Waals surface area contributed by atoms with Crippen LogP contribution in [0.5, 0.6) is 0 Å². The average molecular weight is 331 g/mol. The number of aromatic amines is 1. The Morgan fingerprint density at radius 1 is 1.43 bits per heavy atom. The SMILES string of the molecule is Cc1[nH]nc2c1c(=O)n(CC1CCCNC1)c1ccc(Cl)cc21. The van der Waals surface area contributed by atoms with E-state index in [9.17, 15) is 4.79 Å².